The number of hydrogen-bond donors (Lipinski definition) is 1. The van der Waals surface area contributed by atoms with Crippen LogP contribution < -0.4 is 10.1 Å². The average molecular weight is 394 g/mol. The molecule has 0 aliphatic heterocycles. The lowest BCUT2D eigenvalue weighted by atomic mass is 9.95. The molecular formula is C23H20ClNO3. The van der Waals surface area contributed by atoms with Crippen molar-refractivity contribution in [3.05, 3.63) is 94.5 Å². The quantitative estimate of drug-likeness (QED) is 0.576. The molecule has 0 aromatic heterocycles. The second-order valence-electron chi connectivity index (χ2n) is 6.38. The Balaban J connectivity index is 1.81. The van der Waals surface area contributed by atoms with E-state index in [4.69, 9.17) is 16.3 Å². The van der Waals surface area contributed by atoms with E-state index in [0.29, 0.717) is 27.6 Å². The molecule has 0 spiro atoms. The van der Waals surface area contributed by atoms with Crippen LogP contribution in [-0.4, -0.2) is 18.8 Å². The number of amides is 1. The minimum atomic E-state index is -0.466. The number of carbonyl (C=O) groups is 2. The molecule has 5 heteroatoms. The van der Waals surface area contributed by atoms with Gasteiger partial charge in [-0.05, 0) is 36.8 Å². The Morgan fingerprint density at radius 2 is 1.64 bits per heavy atom. The summed E-state index contributed by atoms with van der Waals surface area (Å²) in [5.41, 5.74) is 2.41. The van der Waals surface area contributed by atoms with Gasteiger partial charge in [0.15, 0.2) is 5.78 Å². The van der Waals surface area contributed by atoms with Crippen molar-refractivity contribution in [1.82, 2.24) is 0 Å². The summed E-state index contributed by atoms with van der Waals surface area (Å²) in [5, 5.41) is 3.35. The first-order valence-corrected chi connectivity index (χ1v) is 9.21. The summed E-state index contributed by atoms with van der Waals surface area (Å²) in [5.74, 6) is -0.235. The van der Waals surface area contributed by atoms with Crippen LogP contribution in [0.3, 0.4) is 0 Å². The molecule has 142 valence electrons. The SMILES string of the molecule is COc1ccc(Cl)cc1NC(=O)[C@H](C)c1cccc(C(=O)c2ccccc2)c1. The molecule has 0 unspecified atom stereocenters. The number of rotatable bonds is 6. The van der Waals surface area contributed by atoms with Gasteiger partial charge in [-0.2, -0.15) is 0 Å². The molecule has 0 bridgehead atoms. The van der Waals surface area contributed by atoms with Crippen LogP contribution in [0.25, 0.3) is 0 Å². The molecule has 3 aromatic carbocycles. The molecule has 0 aliphatic rings. The van der Waals surface area contributed by atoms with Crippen LogP contribution in [0.5, 0.6) is 5.75 Å². The molecule has 0 saturated carbocycles. The molecule has 0 saturated heterocycles. The van der Waals surface area contributed by atoms with Crippen LogP contribution >= 0.6 is 11.6 Å². The number of hydrogen-bond acceptors (Lipinski definition) is 3. The minimum absolute atomic E-state index is 0.0773. The maximum atomic E-state index is 12.7. The van der Waals surface area contributed by atoms with Crippen molar-refractivity contribution in [2.75, 3.05) is 12.4 Å². The van der Waals surface area contributed by atoms with Gasteiger partial charge in [0.2, 0.25) is 5.91 Å². The number of ketones is 1. The maximum absolute atomic E-state index is 12.7. The van der Waals surface area contributed by atoms with E-state index in [1.165, 1.54) is 7.11 Å². The second-order valence-corrected chi connectivity index (χ2v) is 6.81. The van der Waals surface area contributed by atoms with Gasteiger partial charge in [0.05, 0.1) is 18.7 Å². The lowest BCUT2D eigenvalue weighted by Crippen LogP contribution is -2.19. The van der Waals surface area contributed by atoms with Crippen molar-refractivity contribution in [3.63, 3.8) is 0 Å². The third kappa shape index (κ3) is 4.41. The summed E-state index contributed by atoms with van der Waals surface area (Å²) in [6, 6.07) is 21.2. The molecule has 0 fully saturated rings. The summed E-state index contributed by atoms with van der Waals surface area (Å²) in [6.07, 6.45) is 0. The molecule has 0 aliphatic carbocycles. The van der Waals surface area contributed by atoms with Crippen molar-refractivity contribution >= 4 is 29.0 Å². The van der Waals surface area contributed by atoms with Gasteiger partial charge in [0, 0.05) is 16.1 Å². The molecule has 4 nitrogen and oxygen atoms in total. The zero-order valence-electron chi connectivity index (χ0n) is 15.6. The number of ether oxygens (including phenoxy) is 1. The first-order chi connectivity index (χ1) is 13.5. The van der Waals surface area contributed by atoms with Gasteiger partial charge < -0.3 is 10.1 Å². The Hall–Kier alpha value is -3.11. The van der Waals surface area contributed by atoms with Crippen molar-refractivity contribution < 1.29 is 14.3 Å². The van der Waals surface area contributed by atoms with Crippen LogP contribution in [0.1, 0.15) is 34.3 Å². The van der Waals surface area contributed by atoms with Gasteiger partial charge in [0.25, 0.3) is 0 Å². The van der Waals surface area contributed by atoms with Gasteiger partial charge in [-0.1, -0.05) is 60.1 Å². The van der Waals surface area contributed by atoms with E-state index in [1.54, 1.807) is 55.5 Å². The molecule has 1 N–H and O–H groups in total. The lowest BCUT2D eigenvalue weighted by Gasteiger charge is -2.15. The Labute approximate surface area is 169 Å². The fourth-order valence-corrected chi connectivity index (χ4v) is 3.05. The Morgan fingerprint density at radius 3 is 2.36 bits per heavy atom. The minimum Gasteiger partial charge on any atom is -0.495 e. The molecule has 3 rings (SSSR count). The lowest BCUT2D eigenvalue weighted by molar-refractivity contribution is -0.117. The zero-order valence-corrected chi connectivity index (χ0v) is 16.4. The Morgan fingerprint density at radius 1 is 0.929 bits per heavy atom. The van der Waals surface area contributed by atoms with Crippen LogP contribution in [0.15, 0.2) is 72.8 Å². The summed E-state index contributed by atoms with van der Waals surface area (Å²) in [7, 11) is 1.53. The topological polar surface area (TPSA) is 55.4 Å². The predicted octanol–water partition coefficient (Wildman–Crippen LogP) is 5.32. The van der Waals surface area contributed by atoms with E-state index in [2.05, 4.69) is 5.32 Å². The van der Waals surface area contributed by atoms with Gasteiger partial charge in [0.1, 0.15) is 5.75 Å². The van der Waals surface area contributed by atoms with Crippen LogP contribution in [-0.2, 0) is 4.79 Å². The second kappa shape index (κ2) is 8.72. The third-order valence-corrected chi connectivity index (χ3v) is 4.73. The predicted molar refractivity (Wildman–Crippen MR) is 111 cm³/mol. The fourth-order valence-electron chi connectivity index (χ4n) is 2.88. The van der Waals surface area contributed by atoms with Gasteiger partial charge in [-0.15, -0.1) is 0 Å². The molecule has 0 radical (unpaired) electrons. The summed E-state index contributed by atoms with van der Waals surface area (Å²) in [4.78, 5) is 25.4. The average Bonchev–Trinajstić information content (AvgIpc) is 2.73. The van der Waals surface area contributed by atoms with E-state index in [9.17, 15) is 9.59 Å². The maximum Gasteiger partial charge on any atom is 0.231 e. The summed E-state index contributed by atoms with van der Waals surface area (Å²) < 4.78 is 5.27. The normalized spacial score (nSPS) is 11.5. The van der Waals surface area contributed by atoms with E-state index < -0.39 is 5.92 Å². The van der Waals surface area contributed by atoms with Gasteiger partial charge in [-0.25, -0.2) is 0 Å². The highest BCUT2D eigenvalue weighted by molar-refractivity contribution is 6.31. The van der Waals surface area contributed by atoms with Crippen molar-refractivity contribution in [2.45, 2.75) is 12.8 Å². The molecule has 3 aromatic rings. The van der Waals surface area contributed by atoms with E-state index in [0.717, 1.165) is 5.56 Å². The third-order valence-electron chi connectivity index (χ3n) is 4.50. The number of benzene rings is 3. The smallest absolute Gasteiger partial charge is 0.231 e. The van der Waals surface area contributed by atoms with Crippen molar-refractivity contribution in [3.8, 4) is 5.75 Å². The van der Waals surface area contributed by atoms with E-state index >= 15 is 0 Å². The fraction of sp³-hybridized carbons (Fsp3) is 0.130. The van der Waals surface area contributed by atoms with Crippen molar-refractivity contribution in [2.24, 2.45) is 0 Å². The highest BCUT2D eigenvalue weighted by Gasteiger charge is 2.19. The van der Waals surface area contributed by atoms with E-state index in [-0.39, 0.29) is 11.7 Å². The Bertz CT molecular complexity index is 1000. The Kier molecular flexibility index (Phi) is 6.12. The molecule has 0 heterocycles. The number of halogens is 1. The van der Waals surface area contributed by atoms with E-state index in [1.807, 2.05) is 24.3 Å². The van der Waals surface area contributed by atoms with Crippen LogP contribution in [0, 0.1) is 0 Å². The largest absolute Gasteiger partial charge is 0.495 e. The highest BCUT2D eigenvalue weighted by Crippen LogP contribution is 2.29. The molecule has 28 heavy (non-hydrogen) atoms. The molecule has 1 amide bonds. The van der Waals surface area contributed by atoms with Crippen LogP contribution in [0.2, 0.25) is 5.02 Å². The number of methoxy groups -OCH3 is 1. The number of carbonyl (C=O) groups excluding carboxylic acids is 2. The van der Waals surface area contributed by atoms with Gasteiger partial charge in [-0.3, -0.25) is 9.59 Å². The first-order valence-electron chi connectivity index (χ1n) is 8.83. The van der Waals surface area contributed by atoms with Crippen molar-refractivity contribution in [1.29, 1.82) is 0 Å². The summed E-state index contributed by atoms with van der Waals surface area (Å²) in [6.45, 7) is 1.79. The first kappa shape index (κ1) is 19.6. The monoisotopic (exact) mass is 393 g/mol. The standard InChI is InChI=1S/C23H20ClNO3/c1-15(23(27)25-20-14-19(24)11-12-21(20)28-2)17-9-6-10-18(13-17)22(26)16-7-4-3-5-8-16/h3-15H,1-2H3,(H,25,27)/t15-/m1/s1. The van der Waals surface area contributed by atoms with Gasteiger partial charge >= 0.3 is 0 Å². The van der Waals surface area contributed by atoms with Crippen LogP contribution in [0.4, 0.5) is 5.69 Å². The number of anilines is 1. The highest BCUT2D eigenvalue weighted by atomic mass is 35.5. The summed E-state index contributed by atoms with van der Waals surface area (Å²) >= 11 is 6.02. The molecular weight excluding hydrogens is 374 g/mol. The zero-order chi connectivity index (χ0) is 20.1. The molecule has 1 atom stereocenters. The number of nitrogens with one attached hydrogen (secondary N) is 1.